The highest BCUT2D eigenvalue weighted by Gasteiger charge is 2.15. The monoisotopic (exact) mass is 351 g/mol. The van der Waals surface area contributed by atoms with E-state index in [0.29, 0.717) is 22.1 Å². The zero-order chi connectivity index (χ0) is 17.5. The molecule has 1 aromatic carbocycles. The van der Waals surface area contributed by atoms with Crippen molar-refractivity contribution in [2.75, 3.05) is 13.7 Å². The van der Waals surface area contributed by atoms with E-state index in [2.05, 4.69) is 5.32 Å². The molecule has 0 radical (unpaired) electrons. The number of carbonyl (C=O) groups is 2. The lowest BCUT2D eigenvalue weighted by Gasteiger charge is -2.12. The van der Waals surface area contributed by atoms with Crippen LogP contribution in [0.5, 0.6) is 5.75 Å². The quantitative estimate of drug-likeness (QED) is 0.776. The molecule has 6 nitrogen and oxygen atoms in total. The normalized spacial score (nSPS) is 11.6. The number of amides is 1. The van der Waals surface area contributed by atoms with Crippen LogP contribution in [-0.4, -0.2) is 25.6 Å². The molecule has 1 amide bonds. The Hall–Kier alpha value is -2.47. The van der Waals surface area contributed by atoms with Gasteiger partial charge in [-0.05, 0) is 37.3 Å². The lowest BCUT2D eigenvalue weighted by Crippen LogP contribution is -2.31. The van der Waals surface area contributed by atoms with Gasteiger partial charge in [0.05, 0.1) is 25.8 Å². The fourth-order valence-electron chi connectivity index (χ4n) is 2.13. The molecule has 128 valence electrons. The van der Waals surface area contributed by atoms with Crippen LogP contribution < -0.4 is 10.1 Å². The van der Waals surface area contributed by atoms with E-state index in [1.54, 1.807) is 37.3 Å². The predicted octanol–water partition coefficient (Wildman–Crippen LogP) is 2.90. The van der Waals surface area contributed by atoms with Crippen LogP contribution in [0.4, 0.5) is 0 Å². The SMILES string of the molecule is COc1ccc(Cl)cc1CC(=O)OCC(=O)N[C@H](C)c1ccco1. The highest BCUT2D eigenvalue weighted by atomic mass is 35.5. The average Bonchev–Trinajstić information content (AvgIpc) is 3.08. The highest BCUT2D eigenvalue weighted by molar-refractivity contribution is 6.30. The van der Waals surface area contributed by atoms with Crippen molar-refractivity contribution in [3.05, 3.63) is 52.9 Å². The summed E-state index contributed by atoms with van der Waals surface area (Å²) in [5.41, 5.74) is 0.597. The molecule has 1 atom stereocenters. The van der Waals surface area contributed by atoms with Gasteiger partial charge in [-0.2, -0.15) is 0 Å². The van der Waals surface area contributed by atoms with Crippen LogP contribution in [0.15, 0.2) is 41.0 Å². The summed E-state index contributed by atoms with van der Waals surface area (Å²) in [6, 6.07) is 8.14. The van der Waals surface area contributed by atoms with Gasteiger partial charge in [0.25, 0.3) is 5.91 Å². The van der Waals surface area contributed by atoms with E-state index in [1.165, 1.54) is 13.4 Å². The zero-order valence-electron chi connectivity index (χ0n) is 13.4. The zero-order valence-corrected chi connectivity index (χ0v) is 14.1. The number of halogens is 1. The molecule has 2 aromatic rings. The summed E-state index contributed by atoms with van der Waals surface area (Å²) < 4.78 is 15.3. The van der Waals surface area contributed by atoms with Crippen molar-refractivity contribution in [1.29, 1.82) is 0 Å². The first-order chi connectivity index (χ1) is 11.5. The summed E-state index contributed by atoms with van der Waals surface area (Å²) in [5.74, 6) is 0.201. The van der Waals surface area contributed by atoms with Gasteiger partial charge in [0.15, 0.2) is 6.61 Å². The van der Waals surface area contributed by atoms with E-state index in [9.17, 15) is 9.59 Å². The first kappa shape index (κ1) is 17.9. The van der Waals surface area contributed by atoms with Gasteiger partial charge in [0.1, 0.15) is 11.5 Å². The summed E-state index contributed by atoms with van der Waals surface area (Å²) in [6.07, 6.45) is 1.49. The smallest absolute Gasteiger partial charge is 0.310 e. The molecule has 0 aliphatic carbocycles. The highest BCUT2D eigenvalue weighted by Crippen LogP contribution is 2.23. The largest absolute Gasteiger partial charge is 0.496 e. The Morgan fingerprint density at radius 3 is 2.79 bits per heavy atom. The van der Waals surface area contributed by atoms with Crippen molar-refractivity contribution >= 4 is 23.5 Å². The summed E-state index contributed by atoms with van der Waals surface area (Å²) >= 11 is 5.91. The number of furan rings is 1. The number of carbonyl (C=O) groups excluding carboxylic acids is 2. The van der Waals surface area contributed by atoms with Crippen LogP contribution in [0.3, 0.4) is 0 Å². The lowest BCUT2D eigenvalue weighted by molar-refractivity contribution is -0.148. The molecule has 0 unspecified atom stereocenters. The molecule has 7 heteroatoms. The van der Waals surface area contributed by atoms with E-state index < -0.39 is 11.9 Å². The molecule has 2 rings (SSSR count). The Balaban J connectivity index is 1.83. The molecule has 24 heavy (non-hydrogen) atoms. The standard InChI is InChI=1S/C17H18ClNO5/c1-11(14-4-3-7-23-14)19-16(20)10-24-17(21)9-12-8-13(18)5-6-15(12)22-2/h3-8,11H,9-10H2,1-2H3,(H,19,20)/t11-/m1/s1. The first-order valence-corrected chi connectivity index (χ1v) is 7.68. The topological polar surface area (TPSA) is 77.8 Å². The van der Waals surface area contributed by atoms with Crippen LogP contribution in [0.25, 0.3) is 0 Å². The third-order valence-electron chi connectivity index (χ3n) is 3.29. The van der Waals surface area contributed by atoms with Crippen molar-refractivity contribution < 1.29 is 23.5 Å². The number of hydrogen-bond donors (Lipinski definition) is 1. The van der Waals surface area contributed by atoms with Gasteiger partial charge in [0.2, 0.25) is 0 Å². The van der Waals surface area contributed by atoms with Crippen LogP contribution in [-0.2, 0) is 20.7 Å². The van der Waals surface area contributed by atoms with Crippen molar-refractivity contribution in [2.24, 2.45) is 0 Å². The number of nitrogens with one attached hydrogen (secondary N) is 1. The van der Waals surface area contributed by atoms with Crippen molar-refractivity contribution in [2.45, 2.75) is 19.4 Å². The minimum Gasteiger partial charge on any atom is -0.496 e. The van der Waals surface area contributed by atoms with E-state index in [0.717, 1.165) is 0 Å². The van der Waals surface area contributed by atoms with E-state index in [1.807, 2.05) is 0 Å². The molecular weight excluding hydrogens is 334 g/mol. The van der Waals surface area contributed by atoms with Crippen LogP contribution in [0, 0.1) is 0 Å². The van der Waals surface area contributed by atoms with Crippen LogP contribution in [0.1, 0.15) is 24.3 Å². The molecule has 1 aromatic heterocycles. The lowest BCUT2D eigenvalue weighted by atomic mass is 10.1. The Bertz CT molecular complexity index is 699. The first-order valence-electron chi connectivity index (χ1n) is 7.30. The van der Waals surface area contributed by atoms with E-state index in [-0.39, 0.29) is 19.1 Å². The second-order valence-corrected chi connectivity index (χ2v) is 5.53. The molecular formula is C17H18ClNO5. The van der Waals surface area contributed by atoms with Gasteiger partial charge >= 0.3 is 5.97 Å². The van der Waals surface area contributed by atoms with E-state index in [4.69, 9.17) is 25.5 Å². The molecule has 0 bridgehead atoms. The summed E-state index contributed by atoms with van der Waals surface area (Å²) in [5, 5.41) is 3.17. The van der Waals surface area contributed by atoms with Gasteiger partial charge in [0, 0.05) is 10.6 Å². The summed E-state index contributed by atoms with van der Waals surface area (Å²) in [7, 11) is 1.50. The van der Waals surface area contributed by atoms with Crippen LogP contribution in [0.2, 0.25) is 5.02 Å². The maximum Gasteiger partial charge on any atom is 0.310 e. The molecule has 0 fully saturated rings. The van der Waals surface area contributed by atoms with Crippen molar-refractivity contribution in [3.63, 3.8) is 0 Å². The average molecular weight is 352 g/mol. The Labute approximate surface area is 144 Å². The number of benzene rings is 1. The maximum atomic E-state index is 11.9. The van der Waals surface area contributed by atoms with Crippen molar-refractivity contribution in [1.82, 2.24) is 5.32 Å². The number of esters is 1. The van der Waals surface area contributed by atoms with E-state index >= 15 is 0 Å². The number of methoxy groups -OCH3 is 1. The molecule has 1 N–H and O–H groups in total. The Morgan fingerprint density at radius 2 is 2.12 bits per heavy atom. The Kier molecular flexibility index (Phi) is 6.26. The molecule has 0 aliphatic heterocycles. The van der Waals surface area contributed by atoms with Gasteiger partial charge in [-0.1, -0.05) is 11.6 Å². The Morgan fingerprint density at radius 1 is 1.33 bits per heavy atom. The third-order valence-corrected chi connectivity index (χ3v) is 3.52. The fraction of sp³-hybridized carbons (Fsp3) is 0.294. The second-order valence-electron chi connectivity index (χ2n) is 5.10. The summed E-state index contributed by atoms with van der Waals surface area (Å²) in [6.45, 7) is 1.40. The number of ether oxygens (including phenoxy) is 2. The summed E-state index contributed by atoms with van der Waals surface area (Å²) in [4.78, 5) is 23.7. The van der Waals surface area contributed by atoms with Gasteiger partial charge < -0.3 is 19.2 Å². The van der Waals surface area contributed by atoms with Crippen LogP contribution >= 0.6 is 11.6 Å². The third kappa shape index (κ3) is 5.03. The van der Waals surface area contributed by atoms with Gasteiger partial charge in [-0.15, -0.1) is 0 Å². The van der Waals surface area contributed by atoms with Gasteiger partial charge in [-0.25, -0.2) is 0 Å². The maximum absolute atomic E-state index is 11.9. The molecule has 0 saturated heterocycles. The van der Waals surface area contributed by atoms with Crippen molar-refractivity contribution in [3.8, 4) is 5.75 Å². The number of hydrogen-bond acceptors (Lipinski definition) is 5. The predicted molar refractivity (Wildman–Crippen MR) is 87.9 cm³/mol. The second kappa shape index (κ2) is 8.40. The number of rotatable bonds is 7. The molecule has 1 heterocycles. The molecule has 0 spiro atoms. The molecule has 0 saturated carbocycles. The minimum absolute atomic E-state index is 0.0370. The minimum atomic E-state index is -0.545. The fourth-order valence-corrected chi connectivity index (χ4v) is 2.32. The van der Waals surface area contributed by atoms with Gasteiger partial charge in [-0.3, -0.25) is 9.59 Å². The molecule has 0 aliphatic rings.